The van der Waals surface area contributed by atoms with Crippen LogP contribution in [0.2, 0.25) is 0 Å². The Bertz CT molecular complexity index is 1910. The van der Waals surface area contributed by atoms with E-state index in [1.807, 2.05) is 59.1 Å². The Balaban J connectivity index is 1.22. The smallest absolute Gasteiger partial charge is 0.410 e. The van der Waals surface area contributed by atoms with Gasteiger partial charge in [-0.25, -0.2) is 4.79 Å². The predicted molar refractivity (Wildman–Crippen MR) is 195 cm³/mol. The lowest BCUT2D eigenvalue weighted by Gasteiger charge is -2.40. The number of carbonyl (C=O) groups excluding carboxylic acids is 1. The maximum absolute atomic E-state index is 14.4. The van der Waals surface area contributed by atoms with E-state index in [0.717, 1.165) is 79.0 Å². The Morgan fingerprint density at radius 1 is 1.00 bits per heavy atom. The fourth-order valence-electron chi connectivity index (χ4n) is 7.65. The highest BCUT2D eigenvalue weighted by molar-refractivity contribution is 5.81. The summed E-state index contributed by atoms with van der Waals surface area (Å²) in [5, 5.41) is 11.3. The van der Waals surface area contributed by atoms with Crippen LogP contribution in [0, 0.1) is 13.8 Å². The molecule has 3 aromatic heterocycles. The third-order valence-corrected chi connectivity index (χ3v) is 10.3. The number of aryl methyl sites for hydroxylation is 2. The van der Waals surface area contributed by atoms with Crippen LogP contribution in [-0.4, -0.2) is 72.9 Å². The number of fused-ring (bicyclic) bond motifs is 1. The molecule has 10 nitrogen and oxygen atoms in total. The van der Waals surface area contributed by atoms with Crippen molar-refractivity contribution in [3.8, 4) is 0 Å². The lowest BCUT2D eigenvalue weighted by atomic mass is 9.99. The molecule has 0 radical (unpaired) electrons. The number of hydrogen-bond acceptors (Lipinski definition) is 8. The summed E-state index contributed by atoms with van der Waals surface area (Å²) in [7, 11) is 0. The van der Waals surface area contributed by atoms with Crippen molar-refractivity contribution >= 4 is 22.7 Å². The zero-order valence-electron chi connectivity index (χ0n) is 30.0. The number of ether oxygens (including phenoxy) is 1. The number of hydrogen-bond donors (Lipinski definition) is 1. The minimum absolute atomic E-state index is 0.0465. The Morgan fingerprint density at radius 2 is 1.82 bits per heavy atom. The molecule has 10 heteroatoms. The third kappa shape index (κ3) is 7.56. The second-order valence-corrected chi connectivity index (χ2v) is 15.5. The van der Waals surface area contributed by atoms with E-state index in [2.05, 4.69) is 60.9 Å². The molecule has 1 unspecified atom stereocenters. The predicted octanol–water partition coefficient (Wildman–Crippen LogP) is 6.46. The van der Waals surface area contributed by atoms with Gasteiger partial charge in [0.2, 0.25) is 0 Å². The van der Waals surface area contributed by atoms with Crippen molar-refractivity contribution in [2.24, 2.45) is 0 Å². The maximum Gasteiger partial charge on any atom is 0.410 e. The number of aliphatic hydroxyl groups is 1. The van der Waals surface area contributed by atoms with Gasteiger partial charge in [-0.05, 0) is 114 Å². The van der Waals surface area contributed by atoms with Gasteiger partial charge < -0.3 is 19.3 Å². The minimum Gasteiger partial charge on any atom is -0.444 e. The largest absolute Gasteiger partial charge is 0.444 e. The van der Waals surface area contributed by atoms with E-state index in [-0.39, 0.29) is 24.1 Å². The van der Waals surface area contributed by atoms with Gasteiger partial charge in [0.05, 0.1) is 36.1 Å². The number of nitrogens with zero attached hydrogens (tertiary/aromatic N) is 6. The molecule has 264 valence electrons. The standard InChI is InChI=1S/C40H50N6O4/c1-26-8-10-32(20-42-26)43-16-6-7-33(24-43)44(21-28-14-15-41-27(2)17-28)22-30-23-45(31-11-12-31)37-18-29(9-13-35(37)38(30)48)36-19-34(47)25-46(36)39(49)50-40(3,4)5/h8-10,13-15,17-18,20,23,31,33-34,36,47H,6-7,11-12,16,19,21-22,24-25H2,1-5H3/t33-,34+,36?/m0/s1. The number of β-amino-alcohol motifs (C(OH)–C–C–N with tert-alkyl or cyclic N) is 1. The number of benzene rings is 1. The van der Waals surface area contributed by atoms with Crippen LogP contribution in [0.1, 0.15) is 93.0 Å². The number of likely N-dealkylation sites (tertiary alicyclic amines) is 1. The van der Waals surface area contributed by atoms with Crippen molar-refractivity contribution in [3.05, 3.63) is 99.4 Å². The summed E-state index contributed by atoms with van der Waals surface area (Å²) in [6.07, 6.45) is 9.54. The Labute approximate surface area is 294 Å². The van der Waals surface area contributed by atoms with Crippen LogP contribution in [0.3, 0.4) is 0 Å². The molecule has 3 aliphatic rings. The van der Waals surface area contributed by atoms with Gasteiger partial charge in [-0.1, -0.05) is 6.07 Å². The van der Waals surface area contributed by atoms with Gasteiger partial charge in [0.15, 0.2) is 5.43 Å². The summed E-state index contributed by atoms with van der Waals surface area (Å²) in [5.41, 5.74) is 6.31. The van der Waals surface area contributed by atoms with Gasteiger partial charge in [-0.2, -0.15) is 0 Å². The molecule has 1 saturated carbocycles. The molecule has 0 bridgehead atoms. The summed E-state index contributed by atoms with van der Waals surface area (Å²) in [5.74, 6) is 0. The molecular weight excluding hydrogens is 628 g/mol. The lowest BCUT2D eigenvalue weighted by Crippen LogP contribution is -2.48. The first kappa shape index (κ1) is 34.2. The zero-order chi connectivity index (χ0) is 35.2. The molecule has 4 aromatic rings. The number of aromatic nitrogens is 3. The second-order valence-electron chi connectivity index (χ2n) is 15.5. The fraction of sp³-hybridized carbons (Fsp3) is 0.500. The highest BCUT2D eigenvalue weighted by Gasteiger charge is 2.38. The number of aliphatic hydroxyl groups excluding tert-OH is 1. The number of amides is 1. The normalized spacial score (nSPS) is 21.3. The molecule has 1 N–H and O–H groups in total. The summed E-state index contributed by atoms with van der Waals surface area (Å²) in [4.78, 5) is 43.1. The topological polar surface area (TPSA) is 104 Å². The number of rotatable bonds is 8. The molecule has 2 saturated heterocycles. The van der Waals surface area contributed by atoms with Gasteiger partial charge in [0.25, 0.3) is 0 Å². The molecule has 3 fully saturated rings. The van der Waals surface area contributed by atoms with Gasteiger partial charge in [0, 0.05) is 73.0 Å². The fourth-order valence-corrected chi connectivity index (χ4v) is 7.65. The Morgan fingerprint density at radius 3 is 2.54 bits per heavy atom. The van der Waals surface area contributed by atoms with Crippen LogP contribution in [-0.2, 0) is 17.8 Å². The summed E-state index contributed by atoms with van der Waals surface area (Å²) >= 11 is 0. The zero-order valence-corrected chi connectivity index (χ0v) is 30.0. The van der Waals surface area contributed by atoms with E-state index in [9.17, 15) is 14.7 Å². The molecule has 5 heterocycles. The summed E-state index contributed by atoms with van der Waals surface area (Å²) in [6.45, 7) is 12.9. The summed E-state index contributed by atoms with van der Waals surface area (Å²) < 4.78 is 7.99. The second kappa shape index (κ2) is 13.8. The first-order chi connectivity index (χ1) is 23.9. The van der Waals surface area contributed by atoms with E-state index < -0.39 is 17.8 Å². The van der Waals surface area contributed by atoms with Crippen molar-refractivity contribution < 1.29 is 14.6 Å². The van der Waals surface area contributed by atoms with Gasteiger partial charge in [-0.3, -0.25) is 24.6 Å². The average molecular weight is 679 g/mol. The highest BCUT2D eigenvalue weighted by atomic mass is 16.6. The number of anilines is 1. The number of piperidine rings is 1. The van der Waals surface area contributed by atoms with E-state index in [1.165, 1.54) is 5.56 Å². The van der Waals surface area contributed by atoms with Crippen LogP contribution in [0.15, 0.2) is 65.8 Å². The van der Waals surface area contributed by atoms with Crippen LogP contribution < -0.4 is 10.3 Å². The van der Waals surface area contributed by atoms with Crippen LogP contribution in [0.4, 0.5) is 10.5 Å². The highest BCUT2D eigenvalue weighted by Crippen LogP contribution is 2.39. The molecule has 0 spiro atoms. The first-order valence-electron chi connectivity index (χ1n) is 18.1. The Kier molecular flexibility index (Phi) is 9.43. The average Bonchev–Trinajstić information content (AvgIpc) is 3.85. The van der Waals surface area contributed by atoms with E-state index >= 15 is 0 Å². The molecule has 7 rings (SSSR count). The van der Waals surface area contributed by atoms with E-state index in [0.29, 0.717) is 24.4 Å². The van der Waals surface area contributed by atoms with Crippen molar-refractivity contribution in [1.82, 2.24) is 24.3 Å². The molecule has 2 aliphatic heterocycles. The summed E-state index contributed by atoms with van der Waals surface area (Å²) in [6, 6.07) is 14.6. The molecule has 1 amide bonds. The van der Waals surface area contributed by atoms with Crippen molar-refractivity contribution in [1.29, 1.82) is 0 Å². The number of pyridine rings is 3. The number of carbonyl (C=O) groups is 1. The van der Waals surface area contributed by atoms with Gasteiger partial charge in [-0.15, -0.1) is 0 Å². The molecule has 3 atom stereocenters. The van der Waals surface area contributed by atoms with Crippen LogP contribution in [0.25, 0.3) is 10.9 Å². The molecule has 1 aromatic carbocycles. The quantitative estimate of drug-likeness (QED) is 0.227. The van der Waals surface area contributed by atoms with Crippen LogP contribution in [0.5, 0.6) is 0 Å². The van der Waals surface area contributed by atoms with Gasteiger partial charge >= 0.3 is 6.09 Å². The van der Waals surface area contributed by atoms with Crippen molar-refractivity contribution in [2.75, 3.05) is 24.5 Å². The van der Waals surface area contributed by atoms with Crippen molar-refractivity contribution in [3.63, 3.8) is 0 Å². The minimum atomic E-state index is -0.640. The van der Waals surface area contributed by atoms with Gasteiger partial charge in [0.1, 0.15) is 5.60 Å². The maximum atomic E-state index is 14.4. The first-order valence-corrected chi connectivity index (χ1v) is 18.1. The molecule has 1 aliphatic carbocycles. The van der Waals surface area contributed by atoms with Crippen molar-refractivity contribution in [2.45, 2.75) is 110 Å². The molecular formula is C40H50N6O4. The SMILES string of the molecule is Cc1ccc(N2CCC[C@H](N(Cc3ccnc(C)c3)Cc3cn(C4CC4)c4cc(C5C[C@@H](O)CN5C(=O)OC(C)(C)C)ccc4c3=O)C2)cn1. The van der Waals surface area contributed by atoms with E-state index in [4.69, 9.17) is 4.74 Å². The lowest BCUT2D eigenvalue weighted by molar-refractivity contribution is 0.0206. The third-order valence-electron chi connectivity index (χ3n) is 10.3. The Hall–Kier alpha value is -4.28. The molecule has 50 heavy (non-hydrogen) atoms. The monoisotopic (exact) mass is 678 g/mol. The van der Waals surface area contributed by atoms with E-state index in [1.54, 1.807) is 4.90 Å². The van der Waals surface area contributed by atoms with Crippen LogP contribution >= 0.6 is 0 Å².